The Morgan fingerprint density at radius 2 is 2.23 bits per heavy atom. The summed E-state index contributed by atoms with van der Waals surface area (Å²) in [5.41, 5.74) is 1.54. The number of nitrogens with one attached hydrogen (secondary N) is 1. The van der Waals surface area contributed by atoms with Crippen molar-refractivity contribution in [2.45, 2.75) is 32.1 Å². The first-order chi connectivity index (χ1) is 10.5. The number of aromatic nitrogens is 2. The molecule has 22 heavy (non-hydrogen) atoms. The fourth-order valence-corrected chi connectivity index (χ4v) is 3.62. The molecule has 0 aromatic carbocycles. The highest BCUT2D eigenvalue weighted by Crippen LogP contribution is 2.45. The van der Waals surface area contributed by atoms with Gasteiger partial charge >= 0.3 is 0 Å². The first-order valence-corrected chi connectivity index (χ1v) is 7.77. The maximum Gasteiger partial charge on any atom is 0.269 e. The summed E-state index contributed by atoms with van der Waals surface area (Å²) < 4.78 is 1.57. The standard InChI is InChI=1S/C16H22N4O2/c1-19-13-5-3-4-8-16(13,9-6-14(19)21)11-17-15(22)12-7-10-18-20(12)2/h5,7,10H,3-4,6,8-9,11H2,1-2H3,(H,17,22). The molecule has 2 aliphatic rings. The predicted octanol–water partition coefficient (Wildman–Crippen LogP) is 1.46. The molecule has 1 unspecified atom stereocenters. The van der Waals surface area contributed by atoms with Crippen LogP contribution >= 0.6 is 0 Å². The van der Waals surface area contributed by atoms with E-state index < -0.39 is 0 Å². The van der Waals surface area contributed by atoms with Gasteiger partial charge in [-0.2, -0.15) is 5.10 Å². The number of piperidine rings is 1. The largest absolute Gasteiger partial charge is 0.350 e. The molecule has 1 saturated heterocycles. The van der Waals surface area contributed by atoms with Gasteiger partial charge in [0.15, 0.2) is 0 Å². The monoisotopic (exact) mass is 302 g/mol. The number of carbonyl (C=O) groups excluding carboxylic acids is 2. The molecule has 6 nitrogen and oxygen atoms in total. The summed E-state index contributed by atoms with van der Waals surface area (Å²) in [4.78, 5) is 26.0. The van der Waals surface area contributed by atoms with Crippen molar-refractivity contribution in [1.29, 1.82) is 0 Å². The third-order valence-corrected chi connectivity index (χ3v) is 4.93. The van der Waals surface area contributed by atoms with Crippen molar-refractivity contribution in [1.82, 2.24) is 20.0 Å². The number of hydrogen-bond donors (Lipinski definition) is 1. The summed E-state index contributed by atoms with van der Waals surface area (Å²) in [7, 11) is 3.60. The average molecular weight is 302 g/mol. The van der Waals surface area contributed by atoms with Crippen LogP contribution in [-0.2, 0) is 11.8 Å². The van der Waals surface area contributed by atoms with Gasteiger partial charge in [0.25, 0.3) is 5.91 Å². The Morgan fingerprint density at radius 3 is 2.95 bits per heavy atom. The zero-order valence-electron chi connectivity index (χ0n) is 13.1. The average Bonchev–Trinajstić information content (AvgIpc) is 2.95. The molecule has 1 atom stereocenters. The van der Waals surface area contributed by atoms with Gasteiger partial charge in [-0.05, 0) is 31.7 Å². The highest BCUT2D eigenvalue weighted by atomic mass is 16.2. The summed E-state index contributed by atoms with van der Waals surface area (Å²) >= 11 is 0. The first-order valence-electron chi connectivity index (χ1n) is 7.77. The fourth-order valence-electron chi connectivity index (χ4n) is 3.62. The lowest BCUT2D eigenvalue weighted by Crippen LogP contribution is -2.49. The molecule has 1 aromatic rings. The maximum atomic E-state index is 12.3. The number of rotatable bonds is 3. The lowest BCUT2D eigenvalue weighted by molar-refractivity contribution is -0.132. The third-order valence-electron chi connectivity index (χ3n) is 4.93. The van der Waals surface area contributed by atoms with Gasteiger partial charge in [0.1, 0.15) is 5.69 Å². The molecule has 1 N–H and O–H groups in total. The highest BCUT2D eigenvalue weighted by Gasteiger charge is 2.43. The topological polar surface area (TPSA) is 67.2 Å². The molecule has 118 valence electrons. The Kier molecular flexibility index (Phi) is 3.76. The van der Waals surface area contributed by atoms with E-state index in [1.165, 1.54) is 0 Å². The van der Waals surface area contributed by atoms with Crippen LogP contribution in [-0.4, -0.2) is 40.1 Å². The Morgan fingerprint density at radius 1 is 1.41 bits per heavy atom. The van der Waals surface area contributed by atoms with E-state index in [9.17, 15) is 9.59 Å². The molecule has 2 heterocycles. The summed E-state index contributed by atoms with van der Waals surface area (Å²) in [5.74, 6) is 0.0561. The van der Waals surface area contributed by atoms with E-state index in [4.69, 9.17) is 0 Å². The van der Waals surface area contributed by atoms with E-state index in [0.29, 0.717) is 18.7 Å². The van der Waals surface area contributed by atoms with Gasteiger partial charge in [0, 0.05) is 44.4 Å². The molecule has 2 amide bonds. The van der Waals surface area contributed by atoms with Crippen molar-refractivity contribution >= 4 is 11.8 Å². The minimum absolute atomic E-state index is 0.102. The van der Waals surface area contributed by atoms with Crippen LogP contribution in [0.2, 0.25) is 0 Å². The van der Waals surface area contributed by atoms with Crippen molar-refractivity contribution in [3.05, 3.63) is 29.7 Å². The number of amides is 2. The maximum absolute atomic E-state index is 12.3. The zero-order valence-corrected chi connectivity index (χ0v) is 13.1. The molecule has 1 aliphatic carbocycles. The van der Waals surface area contributed by atoms with Crippen molar-refractivity contribution in [3.8, 4) is 0 Å². The third kappa shape index (κ3) is 2.42. The van der Waals surface area contributed by atoms with Crippen LogP contribution in [0.3, 0.4) is 0 Å². The fraction of sp³-hybridized carbons (Fsp3) is 0.562. The Labute approximate surface area is 130 Å². The number of fused-ring (bicyclic) bond motifs is 1. The molecular formula is C16H22N4O2. The molecule has 1 fully saturated rings. The van der Waals surface area contributed by atoms with Crippen LogP contribution in [0.15, 0.2) is 24.0 Å². The minimum Gasteiger partial charge on any atom is -0.350 e. The molecule has 6 heteroatoms. The zero-order chi connectivity index (χ0) is 15.7. The van der Waals surface area contributed by atoms with E-state index in [0.717, 1.165) is 31.4 Å². The van der Waals surface area contributed by atoms with E-state index in [2.05, 4.69) is 16.5 Å². The van der Waals surface area contributed by atoms with Crippen LogP contribution < -0.4 is 5.32 Å². The number of likely N-dealkylation sites (tertiary alicyclic amines) is 1. The van der Waals surface area contributed by atoms with Crippen molar-refractivity contribution in [3.63, 3.8) is 0 Å². The van der Waals surface area contributed by atoms with Crippen LogP contribution in [0.5, 0.6) is 0 Å². The van der Waals surface area contributed by atoms with Gasteiger partial charge < -0.3 is 10.2 Å². The van der Waals surface area contributed by atoms with Crippen LogP contribution in [0, 0.1) is 5.41 Å². The van der Waals surface area contributed by atoms with Gasteiger partial charge in [-0.15, -0.1) is 0 Å². The molecular weight excluding hydrogens is 280 g/mol. The van der Waals surface area contributed by atoms with Crippen molar-refractivity contribution in [2.24, 2.45) is 12.5 Å². The molecule has 1 aromatic heterocycles. The molecule has 0 spiro atoms. The second-order valence-electron chi connectivity index (χ2n) is 6.24. The van der Waals surface area contributed by atoms with E-state index in [-0.39, 0.29) is 17.2 Å². The van der Waals surface area contributed by atoms with E-state index in [1.54, 1.807) is 28.9 Å². The highest BCUT2D eigenvalue weighted by molar-refractivity contribution is 5.92. The SMILES string of the molecule is CN1C(=O)CCC2(CNC(=O)c3ccnn3C)CCCC=C12. The Balaban J connectivity index is 1.76. The second kappa shape index (κ2) is 5.59. The van der Waals surface area contributed by atoms with Gasteiger partial charge in [-0.1, -0.05) is 6.08 Å². The normalized spacial score (nSPS) is 24.7. The van der Waals surface area contributed by atoms with Gasteiger partial charge in [-0.3, -0.25) is 14.3 Å². The van der Waals surface area contributed by atoms with Gasteiger partial charge in [-0.25, -0.2) is 0 Å². The Hall–Kier alpha value is -2.11. The van der Waals surface area contributed by atoms with Crippen LogP contribution in [0.1, 0.15) is 42.6 Å². The summed E-state index contributed by atoms with van der Waals surface area (Å²) in [5, 5.41) is 7.07. The lowest BCUT2D eigenvalue weighted by atomic mass is 9.70. The summed E-state index contributed by atoms with van der Waals surface area (Å²) in [6.07, 6.45) is 8.27. The Bertz CT molecular complexity index is 634. The first kappa shape index (κ1) is 14.8. The number of nitrogens with zero attached hydrogens (tertiary/aromatic N) is 3. The lowest BCUT2D eigenvalue weighted by Gasteiger charge is -2.46. The van der Waals surface area contributed by atoms with E-state index in [1.807, 2.05) is 7.05 Å². The van der Waals surface area contributed by atoms with Crippen molar-refractivity contribution in [2.75, 3.05) is 13.6 Å². The van der Waals surface area contributed by atoms with Crippen LogP contribution in [0.25, 0.3) is 0 Å². The molecule has 1 aliphatic heterocycles. The minimum atomic E-state index is -0.112. The number of carbonyl (C=O) groups is 2. The van der Waals surface area contributed by atoms with Gasteiger partial charge in [0.2, 0.25) is 5.91 Å². The summed E-state index contributed by atoms with van der Waals surface area (Å²) in [6.45, 7) is 0.570. The number of allylic oxidation sites excluding steroid dienone is 1. The van der Waals surface area contributed by atoms with Crippen molar-refractivity contribution < 1.29 is 9.59 Å². The second-order valence-corrected chi connectivity index (χ2v) is 6.24. The smallest absolute Gasteiger partial charge is 0.269 e. The molecule has 0 radical (unpaired) electrons. The molecule has 3 rings (SSSR count). The predicted molar refractivity (Wildman–Crippen MR) is 81.9 cm³/mol. The molecule has 0 saturated carbocycles. The summed E-state index contributed by atoms with van der Waals surface area (Å²) in [6, 6.07) is 1.71. The van der Waals surface area contributed by atoms with Gasteiger partial charge in [0.05, 0.1) is 0 Å². The molecule has 0 bridgehead atoms. The number of hydrogen-bond acceptors (Lipinski definition) is 3. The number of aryl methyl sites for hydroxylation is 1. The van der Waals surface area contributed by atoms with E-state index >= 15 is 0 Å². The van der Waals surface area contributed by atoms with Crippen LogP contribution in [0.4, 0.5) is 0 Å². The quantitative estimate of drug-likeness (QED) is 0.919.